The Hall–Kier alpha value is -2.74. The molecule has 0 bridgehead atoms. The van der Waals surface area contributed by atoms with E-state index in [1.165, 1.54) is 17.8 Å². The summed E-state index contributed by atoms with van der Waals surface area (Å²) in [7, 11) is 3.12. The number of ether oxygens (including phenoxy) is 2. The topological polar surface area (TPSA) is 44.2 Å². The third kappa shape index (κ3) is 4.75. The number of benzene rings is 2. The van der Waals surface area contributed by atoms with Crippen molar-refractivity contribution in [2.45, 2.75) is 17.0 Å². The van der Waals surface area contributed by atoms with Crippen LogP contribution in [0.1, 0.15) is 11.1 Å². The summed E-state index contributed by atoms with van der Waals surface area (Å²) in [4.78, 5) is 0. The van der Waals surface area contributed by atoms with Gasteiger partial charge in [-0.15, -0.1) is 10.2 Å². The smallest absolute Gasteiger partial charge is 0.416 e. The maximum atomic E-state index is 12.8. The molecule has 0 spiro atoms. The first-order valence-electron chi connectivity index (χ1n) is 8.26. The Morgan fingerprint density at radius 1 is 0.893 bits per heavy atom. The summed E-state index contributed by atoms with van der Waals surface area (Å²) < 4.78 is 48.9. The predicted molar refractivity (Wildman–Crippen MR) is 102 cm³/mol. The molecule has 2 aromatic carbocycles. The second-order valence-corrected chi connectivity index (χ2v) is 6.81. The first kappa shape index (κ1) is 20.0. The lowest BCUT2D eigenvalue weighted by molar-refractivity contribution is -0.137. The number of hydrogen-bond acceptors (Lipinski definition) is 5. The van der Waals surface area contributed by atoms with Gasteiger partial charge in [0.25, 0.3) is 0 Å². The van der Waals surface area contributed by atoms with E-state index in [1.807, 2.05) is 12.1 Å². The minimum atomic E-state index is -4.35. The molecule has 0 saturated carbocycles. The van der Waals surface area contributed by atoms with Crippen LogP contribution < -0.4 is 9.47 Å². The largest absolute Gasteiger partial charge is 0.493 e. The lowest BCUT2D eigenvalue weighted by Crippen LogP contribution is -2.04. The van der Waals surface area contributed by atoms with E-state index < -0.39 is 11.7 Å². The SMILES string of the molecule is COc1ccc(-c2ccc(SCc3cccc(C(F)(F)F)c3)nn2)cc1OC. The average molecular weight is 406 g/mol. The third-order valence-corrected chi connectivity index (χ3v) is 4.95. The summed E-state index contributed by atoms with van der Waals surface area (Å²) in [6.45, 7) is 0. The molecule has 0 fully saturated rings. The van der Waals surface area contributed by atoms with Gasteiger partial charge < -0.3 is 9.47 Å². The highest BCUT2D eigenvalue weighted by Crippen LogP contribution is 2.33. The van der Waals surface area contributed by atoms with Crippen molar-refractivity contribution in [2.75, 3.05) is 14.2 Å². The normalized spacial score (nSPS) is 11.3. The fraction of sp³-hybridized carbons (Fsp3) is 0.200. The van der Waals surface area contributed by atoms with E-state index >= 15 is 0 Å². The van der Waals surface area contributed by atoms with Crippen LogP contribution in [0, 0.1) is 0 Å². The molecule has 0 N–H and O–H groups in total. The number of nitrogens with zero attached hydrogens (tertiary/aromatic N) is 2. The van der Waals surface area contributed by atoms with Crippen molar-refractivity contribution >= 4 is 11.8 Å². The van der Waals surface area contributed by atoms with Gasteiger partial charge in [-0.3, -0.25) is 0 Å². The molecule has 3 aromatic rings. The van der Waals surface area contributed by atoms with Gasteiger partial charge in [0.05, 0.1) is 25.5 Å². The zero-order chi connectivity index (χ0) is 20.1. The Morgan fingerprint density at radius 3 is 2.32 bits per heavy atom. The van der Waals surface area contributed by atoms with Crippen molar-refractivity contribution in [1.29, 1.82) is 0 Å². The highest BCUT2D eigenvalue weighted by molar-refractivity contribution is 7.98. The molecule has 4 nitrogen and oxygen atoms in total. The molecule has 8 heteroatoms. The molecule has 0 unspecified atom stereocenters. The number of thioether (sulfide) groups is 1. The second-order valence-electron chi connectivity index (χ2n) is 5.81. The number of aromatic nitrogens is 2. The monoisotopic (exact) mass is 406 g/mol. The van der Waals surface area contributed by atoms with Crippen LogP contribution in [0.3, 0.4) is 0 Å². The van der Waals surface area contributed by atoms with Crippen molar-refractivity contribution in [3.63, 3.8) is 0 Å². The summed E-state index contributed by atoms with van der Waals surface area (Å²) in [6, 6.07) is 14.3. The van der Waals surface area contributed by atoms with Crippen LogP contribution in [-0.2, 0) is 11.9 Å². The molecule has 1 aromatic heterocycles. The molecule has 0 saturated heterocycles. The third-order valence-electron chi connectivity index (χ3n) is 3.96. The molecule has 28 heavy (non-hydrogen) atoms. The van der Waals surface area contributed by atoms with Gasteiger partial charge in [0.15, 0.2) is 11.5 Å². The van der Waals surface area contributed by atoms with E-state index in [0.717, 1.165) is 17.7 Å². The van der Waals surface area contributed by atoms with Crippen LogP contribution in [0.25, 0.3) is 11.3 Å². The highest BCUT2D eigenvalue weighted by Gasteiger charge is 2.30. The zero-order valence-electron chi connectivity index (χ0n) is 15.2. The van der Waals surface area contributed by atoms with Gasteiger partial charge in [0, 0.05) is 11.3 Å². The van der Waals surface area contributed by atoms with Gasteiger partial charge in [-0.25, -0.2) is 0 Å². The van der Waals surface area contributed by atoms with Crippen LogP contribution in [-0.4, -0.2) is 24.4 Å². The van der Waals surface area contributed by atoms with Crippen molar-refractivity contribution in [2.24, 2.45) is 0 Å². The van der Waals surface area contributed by atoms with Gasteiger partial charge in [0.2, 0.25) is 0 Å². The van der Waals surface area contributed by atoms with Crippen molar-refractivity contribution in [3.8, 4) is 22.8 Å². The highest BCUT2D eigenvalue weighted by atomic mass is 32.2. The molecule has 0 radical (unpaired) electrons. The second kappa shape index (κ2) is 8.52. The summed E-state index contributed by atoms with van der Waals surface area (Å²) in [5.74, 6) is 1.58. The molecule has 146 valence electrons. The van der Waals surface area contributed by atoms with E-state index in [9.17, 15) is 13.2 Å². The minimum absolute atomic E-state index is 0.369. The van der Waals surface area contributed by atoms with Gasteiger partial charge in [-0.2, -0.15) is 13.2 Å². The van der Waals surface area contributed by atoms with Crippen LogP contribution in [0.4, 0.5) is 13.2 Å². The van der Waals surface area contributed by atoms with Crippen molar-refractivity contribution in [3.05, 3.63) is 65.7 Å². The van der Waals surface area contributed by atoms with Crippen LogP contribution >= 0.6 is 11.8 Å². The molecular weight excluding hydrogens is 389 g/mol. The predicted octanol–water partition coefficient (Wildman–Crippen LogP) is 5.47. The van der Waals surface area contributed by atoms with Crippen molar-refractivity contribution in [1.82, 2.24) is 10.2 Å². The van der Waals surface area contributed by atoms with Gasteiger partial charge in [0.1, 0.15) is 5.03 Å². The number of rotatable bonds is 6. The standard InChI is InChI=1S/C20H17F3N2O2S/c1-26-17-8-6-14(11-18(17)27-2)16-7-9-19(25-24-16)28-12-13-4-3-5-15(10-13)20(21,22)23/h3-11H,12H2,1-2H3. The summed E-state index contributed by atoms with van der Waals surface area (Å²) >= 11 is 1.32. The van der Waals surface area contributed by atoms with Gasteiger partial charge in [-0.05, 0) is 42.0 Å². The van der Waals surface area contributed by atoms with Gasteiger partial charge in [-0.1, -0.05) is 30.0 Å². The maximum Gasteiger partial charge on any atom is 0.416 e. The number of hydrogen-bond donors (Lipinski definition) is 0. The zero-order valence-corrected chi connectivity index (χ0v) is 16.0. The summed E-state index contributed by atoms with van der Waals surface area (Å²) in [5, 5.41) is 8.99. The van der Waals surface area contributed by atoms with Crippen LogP contribution in [0.5, 0.6) is 11.5 Å². The Morgan fingerprint density at radius 2 is 1.68 bits per heavy atom. The average Bonchev–Trinajstić information content (AvgIpc) is 2.71. The summed E-state index contributed by atoms with van der Waals surface area (Å²) in [5.41, 5.74) is 1.40. The fourth-order valence-corrected chi connectivity index (χ4v) is 3.30. The molecular formula is C20H17F3N2O2S. The first-order valence-corrected chi connectivity index (χ1v) is 9.24. The Kier molecular flexibility index (Phi) is 6.08. The molecule has 0 aliphatic rings. The molecule has 0 aliphatic heterocycles. The number of alkyl halides is 3. The molecule has 3 rings (SSSR count). The Bertz CT molecular complexity index is 947. The lowest BCUT2D eigenvalue weighted by Gasteiger charge is -2.09. The van der Waals surface area contributed by atoms with Crippen molar-refractivity contribution < 1.29 is 22.6 Å². The van der Waals surface area contributed by atoms with E-state index in [2.05, 4.69) is 10.2 Å². The number of methoxy groups -OCH3 is 2. The number of halogens is 3. The maximum absolute atomic E-state index is 12.8. The molecule has 0 atom stereocenters. The summed E-state index contributed by atoms with van der Waals surface area (Å²) in [6.07, 6.45) is -4.35. The van der Waals surface area contributed by atoms with E-state index in [-0.39, 0.29) is 0 Å². The Balaban J connectivity index is 1.70. The van der Waals surface area contributed by atoms with Crippen LogP contribution in [0.2, 0.25) is 0 Å². The van der Waals surface area contributed by atoms with E-state index in [4.69, 9.17) is 9.47 Å². The molecule has 0 amide bonds. The molecule has 0 aliphatic carbocycles. The van der Waals surface area contributed by atoms with Crippen LogP contribution in [0.15, 0.2) is 59.6 Å². The van der Waals surface area contributed by atoms with Gasteiger partial charge >= 0.3 is 6.18 Å². The molecule has 1 heterocycles. The fourth-order valence-electron chi connectivity index (χ4n) is 2.54. The lowest BCUT2D eigenvalue weighted by atomic mass is 10.1. The quantitative estimate of drug-likeness (QED) is 0.508. The first-order chi connectivity index (χ1) is 13.4. The Labute approximate surface area is 164 Å². The minimum Gasteiger partial charge on any atom is -0.493 e. The van der Waals surface area contributed by atoms with E-state index in [0.29, 0.717) is 33.5 Å². The van der Waals surface area contributed by atoms with E-state index in [1.54, 1.807) is 38.5 Å².